The number of benzene rings is 1. The molecule has 1 amide bonds. The smallest absolute Gasteiger partial charge is 0.253 e. The van der Waals surface area contributed by atoms with Crippen LogP contribution in [-0.4, -0.2) is 18.6 Å². The fraction of sp³-hybridized carbons (Fsp3) is 0.588. The Bertz CT molecular complexity index is 509. The van der Waals surface area contributed by atoms with Crippen molar-refractivity contribution in [1.29, 1.82) is 0 Å². The normalized spacial score (nSPS) is 27.9. The average molecular weight is 273 g/mol. The van der Waals surface area contributed by atoms with Crippen molar-refractivity contribution in [1.82, 2.24) is 5.32 Å². The van der Waals surface area contributed by atoms with Crippen molar-refractivity contribution in [3.8, 4) is 0 Å². The first kappa shape index (κ1) is 13.6. The molecule has 2 aliphatic rings. The number of hydrogen-bond acceptors (Lipinski definition) is 2. The summed E-state index contributed by atoms with van der Waals surface area (Å²) in [5.41, 5.74) is 2.63. The molecule has 0 saturated heterocycles. The summed E-state index contributed by atoms with van der Waals surface area (Å²) in [4.78, 5) is 12.5. The van der Waals surface area contributed by atoms with Gasteiger partial charge < -0.3 is 10.1 Å². The molecule has 1 aliphatic heterocycles. The van der Waals surface area contributed by atoms with Crippen molar-refractivity contribution in [3.63, 3.8) is 0 Å². The molecule has 0 spiro atoms. The Hall–Kier alpha value is -1.35. The molecule has 20 heavy (non-hydrogen) atoms. The maximum atomic E-state index is 12.5. The molecular weight excluding hydrogens is 250 g/mol. The zero-order valence-electron chi connectivity index (χ0n) is 12.3. The van der Waals surface area contributed by atoms with Crippen LogP contribution in [0.5, 0.6) is 0 Å². The van der Waals surface area contributed by atoms with Crippen LogP contribution in [-0.2, 0) is 16.0 Å². The largest absolute Gasteiger partial charge is 0.363 e. The van der Waals surface area contributed by atoms with Gasteiger partial charge in [-0.15, -0.1) is 0 Å². The standard InChI is InChI=1S/C17H23NO2/c1-17(2)9-7-13(11-17)18-16(19)15-14-6-4-3-5-12(14)8-10-20-15/h3-6,13,15H,7-11H2,1-2H3,(H,18,19). The molecule has 0 aromatic heterocycles. The topological polar surface area (TPSA) is 38.3 Å². The van der Waals surface area contributed by atoms with E-state index in [1.165, 1.54) is 12.0 Å². The van der Waals surface area contributed by atoms with E-state index in [2.05, 4.69) is 25.2 Å². The molecule has 1 aromatic rings. The average Bonchev–Trinajstić information content (AvgIpc) is 2.77. The second-order valence-electron chi connectivity index (χ2n) is 6.81. The molecule has 1 saturated carbocycles. The van der Waals surface area contributed by atoms with Gasteiger partial charge in [0.25, 0.3) is 5.91 Å². The van der Waals surface area contributed by atoms with Gasteiger partial charge in [0.1, 0.15) is 0 Å². The van der Waals surface area contributed by atoms with Crippen LogP contribution in [0.15, 0.2) is 24.3 Å². The Labute approximate surface area is 120 Å². The lowest BCUT2D eigenvalue weighted by molar-refractivity contribution is -0.134. The maximum absolute atomic E-state index is 12.5. The third-order valence-electron chi connectivity index (χ3n) is 4.55. The number of ether oxygens (including phenoxy) is 1. The van der Waals surface area contributed by atoms with E-state index in [4.69, 9.17) is 4.74 Å². The van der Waals surface area contributed by atoms with E-state index in [0.717, 1.165) is 24.8 Å². The molecule has 2 unspecified atom stereocenters. The quantitative estimate of drug-likeness (QED) is 0.899. The van der Waals surface area contributed by atoms with E-state index >= 15 is 0 Å². The van der Waals surface area contributed by atoms with E-state index < -0.39 is 6.10 Å². The Kier molecular flexibility index (Phi) is 3.55. The molecule has 3 rings (SSSR count). The number of fused-ring (bicyclic) bond motifs is 1. The summed E-state index contributed by atoms with van der Waals surface area (Å²) < 4.78 is 5.72. The van der Waals surface area contributed by atoms with Gasteiger partial charge in [-0.1, -0.05) is 38.1 Å². The molecule has 2 atom stereocenters. The van der Waals surface area contributed by atoms with Crippen LogP contribution in [0.25, 0.3) is 0 Å². The van der Waals surface area contributed by atoms with Crippen LogP contribution in [0, 0.1) is 5.41 Å². The van der Waals surface area contributed by atoms with Crippen LogP contribution in [0.3, 0.4) is 0 Å². The minimum absolute atomic E-state index is 0.0276. The molecule has 1 heterocycles. The molecule has 1 fully saturated rings. The predicted octanol–water partition coefficient (Wildman–Crippen LogP) is 3.00. The summed E-state index contributed by atoms with van der Waals surface area (Å²) >= 11 is 0. The van der Waals surface area contributed by atoms with Crippen LogP contribution >= 0.6 is 0 Å². The first-order chi connectivity index (χ1) is 9.55. The molecule has 0 bridgehead atoms. The Morgan fingerprint density at radius 2 is 2.15 bits per heavy atom. The summed E-state index contributed by atoms with van der Waals surface area (Å²) in [6.07, 6.45) is 3.79. The minimum Gasteiger partial charge on any atom is -0.363 e. The third kappa shape index (κ3) is 2.73. The lowest BCUT2D eigenvalue weighted by Crippen LogP contribution is -2.39. The highest BCUT2D eigenvalue weighted by Crippen LogP contribution is 2.37. The molecule has 0 radical (unpaired) electrons. The summed E-state index contributed by atoms with van der Waals surface area (Å²) in [7, 11) is 0. The lowest BCUT2D eigenvalue weighted by Gasteiger charge is -2.27. The Morgan fingerprint density at radius 3 is 2.90 bits per heavy atom. The number of hydrogen-bond donors (Lipinski definition) is 1. The Balaban J connectivity index is 1.70. The highest BCUT2D eigenvalue weighted by molar-refractivity contribution is 5.83. The van der Waals surface area contributed by atoms with Gasteiger partial charge in [-0.3, -0.25) is 4.79 Å². The van der Waals surface area contributed by atoms with Gasteiger partial charge in [0.2, 0.25) is 0 Å². The Morgan fingerprint density at radius 1 is 1.35 bits per heavy atom. The highest BCUT2D eigenvalue weighted by Gasteiger charge is 2.34. The van der Waals surface area contributed by atoms with Gasteiger partial charge in [0, 0.05) is 6.04 Å². The van der Waals surface area contributed by atoms with E-state index in [1.54, 1.807) is 0 Å². The van der Waals surface area contributed by atoms with E-state index in [0.29, 0.717) is 18.1 Å². The number of rotatable bonds is 2. The molecule has 3 heteroatoms. The summed E-state index contributed by atoms with van der Waals surface area (Å²) in [6, 6.07) is 8.41. The van der Waals surface area contributed by atoms with Crippen molar-refractivity contribution in [2.24, 2.45) is 5.41 Å². The summed E-state index contributed by atoms with van der Waals surface area (Å²) in [5.74, 6) is 0.0276. The molecule has 1 aromatic carbocycles. The van der Waals surface area contributed by atoms with E-state index in [9.17, 15) is 4.79 Å². The number of carbonyl (C=O) groups is 1. The van der Waals surface area contributed by atoms with Crippen LogP contribution < -0.4 is 5.32 Å². The predicted molar refractivity (Wildman–Crippen MR) is 78.4 cm³/mol. The third-order valence-corrected chi connectivity index (χ3v) is 4.55. The monoisotopic (exact) mass is 273 g/mol. The van der Waals surface area contributed by atoms with Crippen LogP contribution in [0.2, 0.25) is 0 Å². The number of nitrogens with one attached hydrogen (secondary N) is 1. The SMILES string of the molecule is CC1(C)CCC(NC(=O)C2OCCc3ccccc32)C1. The molecule has 3 nitrogen and oxygen atoms in total. The first-order valence-electron chi connectivity index (χ1n) is 7.55. The van der Waals surface area contributed by atoms with Crippen LogP contribution in [0.1, 0.15) is 50.3 Å². The van der Waals surface area contributed by atoms with Gasteiger partial charge in [-0.2, -0.15) is 0 Å². The maximum Gasteiger partial charge on any atom is 0.253 e. The van der Waals surface area contributed by atoms with Gasteiger partial charge in [0.05, 0.1) is 6.61 Å². The number of amides is 1. The van der Waals surface area contributed by atoms with Gasteiger partial charge >= 0.3 is 0 Å². The van der Waals surface area contributed by atoms with Crippen molar-refractivity contribution in [2.75, 3.05) is 6.61 Å². The van der Waals surface area contributed by atoms with Crippen molar-refractivity contribution < 1.29 is 9.53 Å². The van der Waals surface area contributed by atoms with Crippen molar-refractivity contribution >= 4 is 5.91 Å². The summed E-state index contributed by atoms with van der Waals surface area (Å²) in [6.45, 7) is 5.17. The van der Waals surface area contributed by atoms with Gasteiger partial charge in [-0.05, 0) is 42.2 Å². The fourth-order valence-corrected chi connectivity index (χ4v) is 3.45. The van der Waals surface area contributed by atoms with Gasteiger partial charge in [0.15, 0.2) is 6.10 Å². The highest BCUT2D eigenvalue weighted by atomic mass is 16.5. The van der Waals surface area contributed by atoms with E-state index in [1.807, 2.05) is 18.2 Å². The second-order valence-corrected chi connectivity index (χ2v) is 6.81. The zero-order chi connectivity index (χ0) is 14.2. The van der Waals surface area contributed by atoms with Crippen molar-refractivity contribution in [2.45, 2.75) is 51.7 Å². The first-order valence-corrected chi connectivity index (χ1v) is 7.55. The molecule has 108 valence electrons. The van der Waals surface area contributed by atoms with Crippen molar-refractivity contribution in [3.05, 3.63) is 35.4 Å². The van der Waals surface area contributed by atoms with Crippen LogP contribution in [0.4, 0.5) is 0 Å². The molecule has 1 N–H and O–H groups in total. The zero-order valence-corrected chi connectivity index (χ0v) is 12.3. The summed E-state index contributed by atoms with van der Waals surface area (Å²) in [5, 5.41) is 3.18. The molecule has 1 aliphatic carbocycles. The minimum atomic E-state index is -0.427. The fourth-order valence-electron chi connectivity index (χ4n) is 3.45. The van der Waals surface area contributed by atoms with E-state index in [-0.39, 0.29) is 5.91 Å². The lowest BCUT2D eigenvalue weighted by atomic mass is 9.91. The van der Waals surface area contributed by atoms with Gasteiger partial charge in [-0.25, -0.2) is 0 Å². The number of carbonyl (C=O) groups excluding carboxylic acids is 1. The molecular formula is C17H23NO2. The second kappa shape index (κ2) is 5.21.